The Bertz CT molecular complexity index is 121. The first-order chi connectivity index (χ1) is 3.85. The van der Waals surface area contributed by atoms with Crippen molar-refractivity contribution in [2.24, 2.45) is 5.73 Å². The van der Waals surface area contributed by atoms with Crippen LogP contribution in [0.1, 0.15) is 0 Å². The largest absolute Gasteiger partial charge is 0.480 e. The number of rotatable bonds is 1. The molecule has 3 nitrogen and oxygen atoms in total. The summed E-state index contributed by atoms with van der Waals surface area (Å²) >= 11 is 0. The number of carbonyl (C=O) groups is 1. The van der Waals surface area contributed by atoms with Crippen molar-refractivity contribution < 1.29 is 23.1 Å². The third-order valence-electron chi connectivity index (χ3n) is 0.619. The van der Waals surface area contributed by atoms with Gasteiger partial charge in [-0.15, -0.1) is 0 Å². The highest BCUT2D eigenvalue weighted by Gasteiger charge is 2.41. The molecule has 0 fully saturated rings. The molecule has 0 aliphatic heterocycles. The second-order valence-electron chi connectivity index (χ2n) is 1.36. The van der Waals surface area contributed by atoms with Crippen molar-refractivity contribution in [1.82, 2.24) is 0 Å². The van der Waals surface area contributed by atoms with Gasteiger partial charge in [0.05, 0.1) is 0 Å². The molecule has 0 aromatic rings. The summed E-state index contributed by atoms with van der Waals surface area (Å²) in [4.78, 5) is 9.50. The highest BCUT2D eigenvalue weighted by Crippen LogP contribution is 2.17. The minimum Gasteiger partial charge on any atom is -0.480 e. The van der Waals surface area contributed by atoms with Crippen LogP contribution in [-0.2, 0) is 4.79 Å². The van der Waals surface area contributed by atoms with Gasteiger partial charge in [0.1, 0.15) is 0 Å². The first kappa shape index (κ1) is 8.22. The van der Waals surface area contributed by atoms with Crippen LogP contribution in [0.3, 0.4) is 0 Å². The molecule has 0 aromatic carbocycles. The molecule has 0 spiro atoms. The third-order valence-corrected chi connectivity index (χ3v) is 0.619. The van der Waals surface area contributed by atoms with E-state index in [1.807, 2.05) is 0 Å². The predicted octanol–water partition coefficient (Wildman–Crippen LogP) is -0.0394. The van der Waals surface area contributed by atoms with E-state index in [0.29, 0.717) is 0 Å². The van der Waals surface area contributed by atoms with Gasteiger partial charge in [-0.05, 0) is 0 Å². The molecule has 0 bridgehead atoms. The number of nitrogens with two attached hydrogens (primary N) is 1. The summed E-state index contributed by atoms with van der Waals surface area (Å²) in [5.74, 6) is -2.07. The minimum absolute atomic E-state index is 2.07. The molecular formula is C3H4F3NO2. The lowest BCUT2D eigenvalue weighted by atomic mass is 10.3. The second-order valence-corrected chi connectivity index (χ2v) is 1.36. The number of alkyl halides is 3. The van der Waals surface area contributed by atoms with E-state index < -0.39 is 18.2 Å². The number of carboxylic acid groups (broad SMARTS) is 1. The molecule has 0 amide bonds. The number of hydrogen-bond donors (Lipinski definition) is 2. The lowest BCUT2D eigenvalue weighted by molar-refractivity contribution is -0.174. The SMILES string of the molecule is N[C@H](C(=O)O)C(F)(F)F. The molecule has 0 aromatic heterocycles. The Balaban J connectivity index is 4.04. The van der Waals surface area contributed by atoms with Gasteiger partial charge < -0.3 is 10.8 Å². The van der Waals surface area contributed by atoms with Crippen LogP contribution in [-0.4, -0.2) is 23.3 Å². The molecule has 0 saturated heterocycles. The summed E-state index contributed by atoms with van der Waals surface area (Å²) in [7, 11) is 0. The van der Waals surface area contributed by atoms with Crippen molar-refractivity contribution in [1.29, 1.82) is 0 Å². The van der Waals surface area contributed by atoms with E-state index in [4.69, 9.17) is 5.11 Å². The average Bonchev–Trinajstić information content (AvgIpc) is 1.62. The molecule has 0 radical (unpaired) electrons. The van der Waals surface area contributed by atoms with E-state index in [1.165, 1.54) is 0 Å². The molecule has 0 aliphatic carbocycles. The zero-order chi connectivity index (χ0) is 7.65. The molecule has 1 atom stereocenters. The molecule has 0 rings (SSSR count). The lowest BCUT2D eigenvalue weighted by Crippen LogP contribution is -2.44. The molecule has 0 aliphatic rings. The van der Waals surface area contributed by atoms with Gasteiger partial charge in [-0.25, -0.2) is 0 Å². The zero-order valence-electron chi connectivity index (χ0n) is 4.14. The zero-order valence-corrected chi connectivity index (χ0v) is 4.14. The fourth-order valence-corrected chi connectivity index (χ4v) is 0.140. The van der Waals surface area contributed by atoms with Crippen LogP contribution in [0, 0.1) is 0 Å². The number of carboxylic acids is 1. The highest BCUT2D eigenvalue weighted by molar-refractivity contribution is 5.74. The summed E-state index contributed by atoms with van der Waals surface area (Å²) in [5.41, 5.74) is 4.17. The van der Waals surface area contributed by atoms with Crippen molar-refractivity contribution in [3.63, 3.8) is 0 Å². The van der Waals surface area contributed by atoms with Crippen LogP contribution in [0.25, 0.3) is 0 Å². The maximum Gasteiger partial charge on any atom is 0.414 e. The smallest absolute Gasteiger partial charge is 0.414 e. The molecule has 9 heavy (non-hydrogen) atoms. The molecular weight excluding hydrogens is 139 g/mol. The molecule has 0 unspecified atom stereocenters. The van der Waals surface area contributed by atoms with Gasteiger partial charge in [0.15, 0.2) is 6.04 Å². The first-order valence-corrected chi connectivity index (χ1v) is 1.91. The van der Waals surface area contributed by atoms with E-state index in [2.05, 4.69) is 5.73 Å². The number of aliphatic carboxylic acids is 1. The predicted molar refractivity (Wildman–Crippen MR) is 21.7 cm³/mol. The Morgan fingerprint density at radius 2 is 1.89 bits per heavy atom. The van der Waals surface area contributed by atoms with E-state index in [-0.39, 0.29) is 0 Å². The standard InChI is InChI=1S/C3H4F3NO2/c4-3(5,6)1(7)2(8)9/h1H,7H2,(H,8,9)/t1-/m1/s1. The van der Waals surface area contributed by atoms with Gasteiger partial charge in [0, 0.05) is 0 Å². The Morgan fingerprint density at radius 3 is 1.89 bits per heavy atom. The van der Waals surface area contributed by atoms with Crippen LogP contribution >= 0.6 is 0 Å². The maximum atomic E-state index is 11.2. The van der Waals surface area contributed by atoms with Gasteiger partial charge in [-0.3, -0.25) is 4.79 Å². The maximum absolute atomic E-state index is 11.2. The summed E-state index contributed by atoms with van der Waals surface area (Å²) in [6.07, 6.45) is -4.84. The van der Waals surface area contributed by atoms with Gasteiger partial charge in [0.2, 0.25) is 0 Å². The van der Waals surface area contributed by atoms with Crippen molar-refractivity contribution >= 4 is 5.97 Å². The Kier molecular flexibility index (Phi) is 2.03. The molecule has 54 valence electrons. The van der Waals surface area contributed by atoms with Crippen molar-refractivity contribution in [3.8, 4) is 0 Å². The van der Waals surface area contributed by atoms with Gasteiger partial charge in [-0.1, -0.05) is 0 Å². The highest BCUT2D eigenvalue weighted by atomic mass is 19.4. The molecule has 0 heterocycles. The van der Waals surface area contributed by atoms with Crippen molar-refractivity contribution in [3.05, 3.63) is 0 Å². The van der Waals surface area contributed by atoms with Crippen molar-refractivity contribution in [2.45, 2.75) is 12.2 Å². The van der Waals surface area contributed by atoms with E-state index in [9.17, 15) is 18.0 Å². The summed E-state index contributed by atoms with van der Waals surface area (Å²) < 4.78 is 33.6. The fourth-order valence-electron chi connectivity index (χ4n) is 0.140. The van der Waals surface area contributed by atoms with Gasteiger partial charge in [0.25, 0.3) is 0 Å². The van der Waals surface area contributed by atoms with E-state index in [1.54, 1.807) is 0 Å². The average molecular weight is 143 g/mol. The quantitative estimate of drug-likeness (QED) is 0.541. The Morgan fingerprint density at radius 1 is 1.56 bits per heavy atom. The molecule has 6 heteroatoms. The van der Waals surface area contributed by atoms with E-state index >= 15 is 0 Å². The Hall–Kier alpha value is -0.780. The van der Waals surface area contributed by atoms with Gasteiger partial charge in [-0.2, -0.15) is 13.2 Å². The van der Waals surface area contributed by atoms with Crippen LogP contribution in [0.15, 0.2) is 0 Å². The first-order valence-electron chi connectivity index (χ1n) is 1.91. The number of hydrogen-bond acceptors (Lipinski definition) is 2. The van der Waals surface area contributed by atoms with E-state index in [0.717, 1.165) is 0 Å². The minimum atomic E-state index is -4.84. The lowest BCUT2D eigenvalue weighted by Gasteiger charge is -2.09. The normalized spacial score (nSPS) is 15.1. The monoisotopic (exact) mass is 143 g/mol. The van der Waals surface area contributed by atoms with Gasteiger partial charge >= 0.3 is 12.1 Å². The Labute approximate surface area is 48.3 Å². The third kappa shape index (κ3) is 2.31. The molecule has 0 saturated carbocycles. The van der Waals surface area contributed by atoms with Crippen LogP contribution in [0.5, 0.6) is 0 Å². The topological polar surface area (TPSA) is 63.3 Å². The fraction of sp³-hybridized carbons (Fsp3) is 0.667. The van der Waals surface area contributed by atoms with Crippen molar-refractivity contribution in [2.75, 3.05) is 0 Å². The molecule has 3 N–H and O–H groups in total. The summed E-state index contributed by atoms with van der Waals surface area (Å²) in [5, 5.41) is 7.67. The van der Waals surface area contributed by atoms with Crippen LogP contribution in [0.2, 0.25) is 0 Å². The van der Waals surface area contributed by atoms with Crippen LogP contribution in [0.4, 0.5) is 13.2 Å². The second kappa shape index (κ2) is 2.22. The van der Waals surface area contributed by atoms with Crippen LogP contribution < -0.4 is 5.73 Å². The summed E-state index contributed by atoms with van der Waals surface area (Å²) in [6, 6.07) is -2.77. The summed E-state index contributed by atoms with van der Waals surface area (Å²) in [6.45, 7) is 0. The number of halogens is 3.